The SMILES string of the molecule is C[C@H]1C(=O)C[C@]2(C(C)(C)O)CC12. The van der Waals surface area contributed by atoms with Gasteiger partial charge >= 0.3 is 0 Å². The van der Waals surface area contributed by atoms with Gasteiger partial charge in [0, 0.05) is 17.8 Å². The Labute approximate surface area is 73.0 Å². The number of ketones is 1. The van der Waals surface area contributed by atoms with Gasteiger partial charge in [-0.1, -0.05) is 6.92 Å². The van der Waals surface area contributed by atoms with E-state index in [1.807, 2.05) is 20.8 Å². The van der Waals surface area contributed by atoms with E-state index >= 15 is 0 Å². The zero-order chi connectivity index (χ0) is 9.15. The highest BCUT2D eigenvalue weighted by Crippen LogP contribution is 2.69. The fourth-order valence-corrected chi connectivity index (χ4v) is 2.81. The van der Waals surface area contributed by atoms with Crippen molar-refractivity contribution in [1.82, 2.24) is 0 Å². The average Bonchev–Trinajstić information content (AvgIpc) is 2.55. The maximum atomic E-state index is 11.4. The van der Waals surface area contributed by atoms with Crippen molar-refractivity contribution in [1.29, 1.82) is 0 Å². The maximum Gasteiger partial charge on any atom is 0.136 e. The molecule has 0 spiro atoms. The van der Waals surface area contributed by atoms with E-state index in [1.165, 1.54) is 0 Å². The molecule has 0 aliphatic heterocycles. The van der Waals surface area contributed by atoms with Crippen molar-refractivity contribution in [3.05, 3.63) is 0 Å². The second-order valence-electron chi connectivity index (χ2n) is 4.96. The quantitative estimate of drug-likeness (QED) is 0.642. The minimum atomic E-state index is -0.669. The molecule has 1 N–H and O–H groups in total. The molecule has 0 bridgehead atoms. The molecule has 0 aromatic carbocycles. The van der Waals surface area contributed by atoms with Crippen molar-refractivity contribution >= 4 is 5.78 Å². The normalized spacial score (nSPS) is 46.2. The number of hydrogen-bond donors (Lipinski definition) is 1. The second-order valence-corrected chi connectivity index (χ2v) is 4.96. The number of hydrogen-bond acceptors (Lipinski definition) is 2. The van der Waals surface area contributed by atoms with Crippen molar-refractivity contribution < 1.29 is 9.90 Å². The third-order valence-corrected chi connectivity index (χ3v) is 3.95. The highest BCUT2D eigenvalue weighted by atomic mass is 16.3. The molecule has 0 amide bonds. The van der Waals surface area contributed by atoms with Crippen molar-refractivity contribution in [2.45, 2.75) is 39.2 Å². The topological polar surface area (TPSA) is 37.3 Å². The van der Waals surface area contributed by atoms with Gasteiger partial charge in [-0.2, -0.15) is 0 Å². The Balaban J connectivity index is 2.26. The van der Waals surface area contributed by atoms with Gasteiger partial charge in [-0.15, -0.1) is 0 Å². The highest BCUT2D eigenvalue weighted by Gasteiger charge is 2.69. The van der Waals surface area contributed by atoms with Gasteiger partial charge in [0.2, 0.25) is 0 Å². The molecule has 2 saturated carbocycles. The third-order valence-electron chi connectivity index (χ3n) is 3.95. The predicted octanol–water partition coefficient (Wildman–Crippen LogP) is 1.37. The minimum Gasteiger partial charge on any atom is -0.390 e. The fraction of sp³-hybridized carbons (Fsp3) is 0.900. The van der Waals surface area contributed by atoms with E-state index in [-0.39, 0.29) is 11.3 Å². The van der Waals surface area contributed by atoms with Gasteiger partial charge in [-0.25, -0.2) is 0 Å². The largest absolute Gasteiger partial charge is 0.390 e. The van der Waals surface area contributed by atoms with Gasteiger partial charge in [-0.3, -0.25) is 4.79 Å². The molecule has 2 nitrogen and oxygen atoms in total. The van der Waals surface area contributed by atoms with Crippen LogP contribution in [0.5, 0.6) is 0 Å². The lowest BCUT2D eigenvalue weighted by atomic mass is 9.85. The van der Waals surface area contributed by atoms with Crippen LogP contribution in [0.1, 0.15) is 33.6 Å². The Kier molecular flexibility index (Phi) is 1.32. The molecule has 0 heterocycles. The van der Waals surface area contributed by atoms with Crippen LogP contribution in [0.25, 0.3) is 0 Å². The van der Waals surface area contributed by atoms with Crippen LogP contribution in [0.4, 0.5) is 0 Å². The fourth-order valence-electron chi connectivity index (χ4n) is 2.81. The van der Waals surface area contributed by atoms with Crippen LogP contribution in [-0.2, 0) is 4.79 Å². The highest BCUT2D eigenvalue weighted by molar-refractivity contribution is 5.86. The summed E-state index contributed by atoms with van der Waals surface area (Å²) in [4.78, 5) is 11.4. The number of Topliss-reactive ketones (excluding diaryl/α,β-unsaturated/α-hetero) is 1. The van der Waals surface area contributed by atoms with E-state index < -0.39 is 5.60 Å². The van der Waals surface area contributed by atoms with Crippen LogP contribution >= 0.6 is 0 Å². The first-order valence-corrected chi connectivity index (χ1v) is 4.63. The number of carbonyl (C=O) groups excluding carboxylic acids is 1. The Bertz CT molecular complexity index is 239. The van der Waals surface area contributed by atoms with Gasteiger partial charge in [-0.05, 0) is 26.2 Å². The molecule has 2 fully saturated rings. The summed E-state index contributed by atoms with van der Waals surface area (Å²) in [5.74, 6) is 0.995. The summed E-state index contributed by atoms with van der Waals surface area (Å²) < 4.78 is 0. The molecular weight excluding hydrogens is 152 g/mol. The molecule has 0 aromatic rings. The molecule has 12 heavy (non-hydrogen) atoms. The Hall–Kier alpha value is -0.370. The lowest BCUT2D eigenvalue weighted by molar-refractivity contribution is -0.122. The average molecular weight is 168 g/mol. The predicted molar refractivity (Wildman–Crippen MR) is 45.6 cm³/mol. The first-order chi connectivity index (χ1) is 5.38. The Morgan fingerprint density at radius 3 is 2.42 bits per heavy atom. The summed E-state index contributed by atoms with van der Waals surface area (Å²) in [6.45, 7) is 5.66. The van der Waals surface area contributed by atoms with E-state index in [0.29, 0.717) is 18.1 Å². The number of carbonyl (C=O) groups is 1. The molecule has 2 aliphatic carbocycles. The van der Waals surface area contributed by atoms with Gasteiger partial charge in [0.1, 0.15) is 5.78 Å². The molecule has 2 rings (SSSR count). The van der Waals surface area contributed by atoms with E-state index in [2.05, 4.69) is 0 Å². The van der Waals surface area contributed by atoms with Crippen LogP contribution in [-0.4, -0.2) is 16.5 Å². The van der Waals surface area contributed by atoms with E-state index in [1.54, 1.807) is 0 Å². The summed E-state index contributed by atoms with van der Waals surface area (Å²) in [5.41, 5.74) is -0.721. The van der Waals surface area contributed by atoms with Crippen molar-refractivity contribution in [2.24, 2.45) is 17.3 Å². The smallest absolute Gasteiger partial charge is 0.136 e. The molecule has 0 aromatic heterocycles. The summed E-state index contributed by atoms with van der Waals surface area (Å²) >= 11 is 0. The van der Waals surface area contributed by atoms with Crippen molar-refractivity contribution in [2.75, 3.05) is 0 Å². The molecule has 1 unspecified atom stereocenters. The van der Waals surface area contributed by atoms with Crippen LogP contribution in [0.2, 0.25) is 0 Å². The first kappa shape index (κ1) is 8.24. The van der Waals surface area contributed by atoms with Gasteiger partial charge in [0.25, 0.3) is 0 Å². The Morgan fingerprint density at radius 1 is 1.58 bits per heavy atom. The summed E-state index contributed by atoms with van der Waals surface area (Å²) in [5, 5.41) is 9.90. The van der Waals surface area contributed by atoms with E-state index in [0.717, 1.165) is 6.42 Å². The van der Waals surface area contributed by atoms with Crippen LogP contribution < -0.4 is 0 Å². The monoisotopic (exact) mass is 168 g/mol. The van der Waals surface area contributed by atoms with E-state index in [9.17, 15) is 9.90 Å². The standard InChI is InChI=1S/C10H16O2/c1-6-7-4-10(7,5-8(6)11)9(2,3)12/h6-7,12H,4-5H2,1-3H3/t6-,7?,10-/m1/s1. The van der Waals surface area contributed by atoms with Gasteiger partial charge < -0.3 is 5.11 Å². The molecule has 2 aliphatic rings. The second kappa shape index (κ2) is 1.92. The first-order valence-electron chi connectivity index (χ1n) is 4.63. The number of fused-ring (bicyclic) bond motifs is 1. The maximum absolute atomic E-state index is 11.4. The summed E-state index contributed by atoms with van der Waals surface area (Å²) in [6.07, 6.45) is 1.64. The van der Waals surface area contributed by atoms with Crippen molar-refractivity contribution in [3.8, 4) is 0 Å². The zero-order valence-electron chi connectivity index (χ0n) is 7.92. The van der Waals surface area contributed by atoms with Gasteiger partial charge in [0.15, 0.2) is 0 Å². The summed E-state index contributed by atoms with van der Waals surface area (Å²) in [7, 11) is 0. The van der Waals surface area contributed by atoms with Gasteiger partial charge in [0.05, 0.1) is 5.60 Å². The third kappa shape index (κ3) is 0.764. The minimum absolute atomic E-state index is 0.0521. The lowest BCUT2D eigenvalue weighted by Crippen LogP contribution is -2.33. The molecule has 2 heteroatoms. The Morgan fingerprint density at radius 2 is 2.17 bits per heavy atom. The molecule has 0 saturated heterocycles. The molecule has 68 valence electrons. The molecular formula is C10H16O2. The lowest BCUT2D eigenvalue weighted by Gasteiger charge is -2.27. The zero-order valence-corrected chi connectivity index (χ0v) is 7.92. The molecule has 0 radical (unpaired) electrons. The molecule has 3 atom stereocenters. The van der Waals surface area contributed by atoms with Crippen LogP contribution in [0.3, 0.4) is 0 Å². The summed E-state index contributed by atoms with van der Waals surface area (Å²) in [6, 6.07) is 0. The van der Waals surface area contributed by atoms with Crippen LogP contribution in [0, 0.1) is 17.3 Å². The van der Waals surface area contributed by atoms with Crippen molar-refractivity contribution in [3.63, 3.8) is 0 Å². The number of rotatable bonds is 1. The van der Waals surface area contributed by atoms with E-state index in [4.69, 9.17) is 0 Å². The number of aliphatic hydroxyl groups is 1. The van der Waals surface area contributed by atoms with Crippen LogP contribution in [0.15, 0.2) is 0 Å².